The van der Waals surface area contributed by atoms with Crippen molar-refractivity contribution in [1.82, 2.24) is 5.16 Å². The van der Waals surface area contributed by atoms with Gasteiger partial charge in [-0.1, -0.05) is 18.5 Å². The Hall–Kier alpha value is -0.790. The van der Waals surface area contributed by atoms with Gasteiger partial charge >= 0.3 is 0 Å². The quantitative estimate of drug-likeness (QED) is 0.592. The van der Waals surface area contributed by atoms with Gasteiger partial charge in [-0.25, -0.2) is 0 Å². The van der Waals surface area contributed by atoms with E-state index in [2.05, 4.69) is 12.1 Å². The fourth-order valence-corrected chi connectivity index (χ4v) is 1.49. The average Bonchev–Trinajstić information content (AvgIpc) is 2.33. The van der Waals surface area contributed by atoms with E-state index in [0.717, 1.165) is 5.69 Å². The van der Waals surface area contributed by atoms with Crippen LogP contribution in [-0.2, 0) is 5.41 Å². The standard InChI is InChI=1S/C8H11NO/c1-8(4-2-5-8)7-3-6-10-9-7/h3,6H,2,4-5H2,1H3. The summed E-state index contributed by atoms with van der Waals surface area (Å²) in [6.45, 7) is 2.24. The van der Waals surface area contributed by atoms with E-state index < -0.39 is 0 Å². The zero-order valence-corrected chi connectivity index (χ0v) is 6.13. The Labute approximate surface area is 60.2 Å². The molecular weight excluding hydrogens is 126 g/mol. The van der Waals surface area contributed by atoms with Gasteiger partial charge in [-0.3, -0.25) is 0 Å². The molecule has 2 heteroatoms. The van der Waals surface area contributed by atoms with Crippen molar-refractivity contribution in [3.63, 3.8) is 0 Å². The van der Waals surface area contributed by atoms with Crippen molar-refractivity contribution in [3.8, 4) is 0 Å². The molecule has 54 valence electrons. The van der Waals surface area contributed by atoms with Gasteiger partial charge < -0.3 is 4.52 Å². The van der Waals surface area contributed by atoms with Gasteiger partial charge in [0.1, 0.15) is 6.26 Å². The smallest absolute Gasteiger partial charge is 0.124 e. The van der Waals surface area contributed by atoms with E-state index in [9.17, 15) is 0 Å². The highest BCUT2D eigenvalue weighted by Gasteiger charge is 2.35. The van der Waals surface area contributed by atoms with Gasteiger partial charge in [0.15, 0.2) is 0 Å². The normalized spacial score (nSPS) is 22.1. The monoisotopic (exact) mass is 137 g/mol. The van der Waals surface area contributed by atoms with Gasteiger partial charge in [0, 0.05) is 11.5 Å². The Morgan fingerprint density at radius 2 is 2.40 bits per heavy atom. The summed E-state index contributed by atoms with van der Waals surface area (Å²) in [5, 5.41) is 3.94. The molecule has 1 heterocycles. The molecule has 0 saturated heterocycles. The summed E-state index contributed by atoms with van der Waals surface area (Å²) in [4.78, 5) is 0. The predicted octanol–water partition coefficient (Wildman–Crippen LogP) is 2.12. The summed E-state index contributed by atoms with van der Waals surface area (Å²) in [6, 6.07) is 1.97. The van der Waals surface area contributed by atoms with Crippen LogP contribution in [0, 0.1) is 0 Å². The van der Waals surface area contributed by atoms with E-state index in [1.54, 1.807) is 6.26 Å². The molecule has 0 amide bonds. The molecule has 2 rings (SSSR count). The molecule has 1 aliphatic rings. The topological polar surface area (TPSA) is 26.0 Å². The molecule has 0 radical (unpaired) electrons. The van der Waals surface area contributed by atoms with Crippen molar-refractivity contribution in [2.24, 2.45) is 0 Å². The van der Waals surface area contributed by atoms with Crippen molar-refractivity contribution in [3.05, 3.63) is 18.0 Å². The molecule has 0 aliphatic heterocycles. The molecule has 1 aliphatic carbocycles. The van der Waals surface area contributed by atoms with Crippen LogP contribution in [0.4, 0.5) is 0 Å². The molecule has 2 nitrogen and oxygen atoms in total. The molecule has 0 unspecified atom stereocenters. The first-order valence-electron chi connectivity index (χ1n) is 3.72. The van der Waals surface area contributed by atoms with Gasteiger partial charge in [0.25, 0.3) is 0 Å². The zero-order valence-electron chi connectivity index (χ0n) is 6.13. The van der Waals surface area contributed by atoms with Gasteiger partial charge in [0.05, 0.1) is 5.69 Å². The van der Waals surface area contributed by atoms with E-state index in [-0.39, 0.29) is 0 Å². The first-order chi connectivity index (χ1) is 4.81. The molecule has 1 aromatic heterocycles. The number of nitrogens with zero attached hydrogens (tertiary/aromatic N) is 1. The van der Waals surface area contributed by atoms with Crippen LogP contribution in [-0.4, -0.2) is 5.16 Å². The van der Waals surface area contributed by atoms with Crippen molar-refractivity contribution < 1.29 is 4.52 Å². The summed E-state index contributed by atoms with van der Waals surface area (Å²) in [7, 11) is 0. The van der Waals surface area contributed by atoms with E-state index in [0.29, 0.717) is 5.41 Å². The number of rotatable bonds is 1. The zero-order chi connectivity index (χ0) is 7.03. The molecule has 1 saturated carbocycles. The van der Waals surface area contributed by atoms with Crippen molar-refractivity contribution in [2.45, 2.75) is 31.6 Å². The van der Waals surface area contributed by atoms with Gasteiger partial charge in [0.2, 0.25) is 0 Å². The second-order valence-electron chi connectivity index (χ2n) is 3.30. The fraction of sp³-hybridized carbons (Fsp3) is 0.625. The van der Waals surface area contributed by atoms with E-state index in [4.69, 9.17) is 4.52 Å². The van der Waals surface area contributed by atoms with Crippen LogP contribution in [0.15, 0.2) is 16.9 Å². The first kappa shape index (κ1) is 5.96. The number of hydrogen-bond donors (Lipinski definition) is 0. The molecule has 0 bridgehead atoms. The Morgan fingerprint density at radius 1 is 1.60 bits per heavy atom. The van der Waals surface area contributed by atoms with Crippen molar-refractivity contribution in [1.29, 1.82) is 0 Å². The summed E-state index contributed by atoms with van der Waals surface area (Å²) >= 11 is 0. The maximum Gasteiger partial charge on any atom is 0.124 e. The Morgan fingerprint density at radius 3 is 2.80 bits per heavy atom. The number of aromatic nitrogens is 1. The fourth-order valence-electron chi connectivity index (χ4n) is 1.49. The summed E-state index contributed by atoms with van der Waals surface area (Å²) in [5.41, 5.74) is 1.46. The van der Waals surface area contributed by atoms with Crippen LogP contribution >= 0.6 is 0 Å². The summed E-state index contributed by atoms with van der Waals surface area (Å²) in [5.74, 6) is 0. The Kier molecular flexibility index (Phi) is 1.10. The lowest BCUT2D eigenvalue weighted by Gasteiger charge is -2.36. The lowest BCUT2D eigenvalue weighted by molar-refractivity contribution is 0.250. The van der Waals surface area contributed by atoms with E-state index >= 15 is 0 Å². The first-order valence-corrected chi connectivity index (χ1v) is 3.72. The summed E-state index contributed by atoms with van der Waals surface area (Å²) in [6.07, 6.45) is 5.52. The SMILES string of the molecule is CC1(c2ccon2)CCC1. The van der Waals surface area contributed by atoms with E-state index in [1.807, 2.05) is 6.07 Å². The molecule has 1 fully saturated rings. The molecular formula is C8H11NO. The third-order valence-corrected chi connectivity index (χ3v) is 2.51. The van der Waals surface area contributed by atoms with Gasteiger partial charge in [-0.2, -0.15) is 0 Å². The largest absolute Gasteiger partial charge is 0.364 e. The van der Waals surface area contributed by atoms with Crippen molar-refractivity contribution in [2.75, 3.05) is 0 Å². The van der Waals surface area contributed by atoms with Gasteiger partial charge in [-0.15, -0.1) is 0 Å². The molecule has 0 N–H and O–H groups in total. The lowest BCUT2D eigenvalue weighted by Crippen LogP contribution is -2.30. The van der Waals surface area contributed by atoms with Gasteiger partial charge in [-0.05, 0) is 12.8 Å². The Bertz CT molecular complexity index is 211. The van der Waals surface area contributed by atoms with Crippen LogP contribution in [0.2, 0.25) is 0 Å². The highest BCUT2D eigenvalue weighted by molar-refractivity contribution is 5.15. The third kappa shape index (κ3) is 0.681. The maximum absolute atomic E-state index is 4.79. The van der Waals surface area contributed by atoms with Crippen LogP contribution in [0.1, 0.15) is 31.9 Å². The van der Waals surface area contributed by atoms with Crippen LogP contribution in [0.3, 0.4) is 0 Å². The second kappa shape index (κ2) is 1.84. The molecule has 1 aromatic rings. The molecule has 0 atom stereocenters. The summed E-state index contributed by atoms with van der Waals surface area (Å²) < 4.78 is 4.79. The molecule has 0 aromatic carbocycles. The third-order valence-electron chi connectivity index (χ3n) is 2.51. The van der Waals surface area contributed by atoms with Crippen LogP contribution in [0.25, 0.3) is 0 Å². The molecule has 10 heavy (non-hydrogen) atoms. The Balaban J connectivity index is 2.27. The number of hydrogen-bond acceptors (Lipinski definition) is 2. The van der Waals surface area contributed by atoms with Crippen LogP contribution in [0.5, 0.6) is 0 Å². The predicted molar refractivity (Wildman–Crippen MR) is 37.7 cm³/mol. The average molecular weight is 137 g/mol. The minimum absolute atomic E-state index is 0.340. The molecule has 0 spiro atoms. The minimum atomic E-state index is 0.340. The lowest BCUT2D eigenvalue weighted by atomic mass is 9.68. The van der Waals surface area contributed by atoms with Crippen molar-refractivity contribution >= 4 is 0 Å². The van der Waals surface area contributed by atoms with E-state index in [1.165, 1.54) is 19.3 Å². The van der Waals surface area contributed by atoms with Crippen LogP contribution < -0.4 is 0 Å². The highest BCUT2D eigenvalue weighted by atomic mass is 16.5. The highest BCUT2D eigenvalue weighted by Crippen LogP contribution is 2.41. The minimum Gasteiger partial charge on any atom is -0.364 e. The maximum atomic E-state index is 4.79. The second-order valence-corrected chi connectivity index (χ2v) is 3.30.